The summed E-state index contributed by atoms with van der Waals surface area (Å²) in [6, 6.07) is 6.37. The van der Waals surface area contributed by atoms with Crippen LogP contribution in [0.25, 0.3) is 0 Å². The summed E-state index contributed by atoms with van der Waals surface area (Å²) >= 11 is 0. The van der Waals surface area contributed by atoms with Gasteiger partial charge in [-0.1, -0.05) is 18.2 Å². The van der Waals surface area contributed by atoms with Crippen molar-refractivity contribution in [2.45, 2.75) is 6.10 Å². The highest BCUT2D eigenvalue weighted by molar-refractivity contribution is 5.97. The van der Waals surface area contributed by atoms with Gasteiger partial charge < -0.3 is 14.6 Å². The molecule has 4 nitrogen and oxygen atoms in total. The Bertz CT molecular complexity index is 383. The molecule has 0 N–H and O–H groups in total. The van der Waals surface area contributed by atoms with Crippen LogP contribution >= 0.6 is 0 Å². The molecule has 0 bridgehead atoms. The molecule has 0 radical (unpaired) electrons. The third-order valence-corrected chi connectivity index (χ3v) is 1.90. The summed E-state index contributed by atoms with van der Waals surface area (Å²) in [6.07, 6.45) is -1.25. The highest BCUT2D eigenvalue weighted by Crippen LogP contribution is 2.29. The van der Waals surface area contributed by atoms with E-state index in [9.17, 15) is 14.7 Å². The fourth-order valence-corrected chi connectivity index (χ4v) is 1.32. The van der Waals surface area contributed by atoms with Gasteiger partial charge in [-0.3, -0.25) is 0 Å². The van der Waals surface area contributed by atoms with Crippen molar-refractivity contribution in [1.29, 1.82) is 0 Å². The van der Waals surface area contributed by atoms with Crippen LogP contribution in [0.1, 0.15) is 22.0 Å². The normalized spacial score (nSPS) is 19.4. The molecular weight excluding hydrogens is 172 g/mol. The third kappa shape index (κ3) is 1.07. The fourth-order valence-electron chi connectivity index (χ4n) is 1.32. The molecule has 0 amide bonds. The topological polar surface area (TPSA) is 66.4 Å². The van der Waals surface area contributed by atoms with Crippen molar-refractivity contribution in [3.63, 3.8) is 0 Å². The van der Waals surface area contributed by atoms with Crippen molar-refractivity contribution in [1.82, 2.24) is 0 Å². The van der Waals surface area contributed by atoms with Crippen LogP contribution in [0.2, 0.25) is 0 Å². The zero-order valence-corrected chi connectivity index (χ0v) is 6.52. The molecule has 4 heteroatoms. The number of hydrogen-bond donors (Lipinski definition) is 0. The average Bonchev–Trinajstić information content (AvgIpc) is 2.45. The van der Waals surface area contributed by atoms with Crippen LogP contribution in [-0.2, 0) is 9.53 Å². The summed E-state index contributed by atoms with van der Waals surface area (Å²) in [6.45, 7) is 0. The number of hydrogen-bond acceptors (Lipinski definition) is 4. The summed E-state index contributed by atoms with van der Waals surface area (Å²) in [5, 5.41) is 10.5. The van der Waals surface area contributed by atoms with Gasteiger partial charge in [0.15, 0.2) is 6.10 Å². The molecule has 0 fully saturated rings. The van der Waals surface area contributed by atoms with Crippen LogP contribution in [0.3, 0.4) is 0 Å². The minimum Gasteiger partial charge on any atom is -0.546 e. The Morgan fingerprint density at radius 3 is 2.77 bits per heavy atom. The monoisotopic (exact) mass is 177 g/mol. The first-order valence-corrected chi connectivity index (χ1v) is 3.71. The molecule has 2 rings (SSSR count). The van der Waals surface area contributed by atoms with Crippen LogP contribution in [0, 0.1) is 0 Å². The van der Waals surface area contributed by atoms with Gasteiger partial charge in [0, 0.05) is 5.56 Å². The number of esters is 1. The molecule has 0 saturated heterocycles. The standard InChI is InChI=1S/C9H6O4/c10-8(11)7-5-3-1-2-4-6(5)9(12)13-7/h1-4,7H,(H,10,11)/p-1/t7-/m1/s1. The number of ether oxygens (including phenoxy) is 1. The van der Waals surface area contributed by atoms with Gasteiger partial charge in [0.2, 0.25) is 0 Å². The Hall–Kier alpha value is -1.84. The Labute approximate surface area is 73.8 Å². The molecule has 1 aliphatic rings. The van der Waals surface area contributed by atoms with Gasteiger partial charge in [0.1, 0.15) is 0 Å². The molecule has 0 aliphatic carbocycles. The first-order chi connectivity index (χ1) is 6.20. The number of aliphatic carboxylic acids is 1. The lowest BCUT2D eigenvalue weighted by Gasteiger charge is -2.10. The molecule has 0 spiro atoms. The average molecular weight is 177 g/mol. The van der Waals surface area contributed by atoms with Crippen LogP contribution in [0.15, 0.2) is 24.3 Å². The summed E-state index contributed by atoms with van der Waals surface area (Å²) in [4.78, 5) is 21.6. The van der Waals surface area contributed by atoms with Crippen molar-refractivity contribution in [2.75, 3.05) is 0 Å². The summed E-state index contributed by atoms with van der Waals surface area (Å²) in [5.41, 5.74) is 0.671. The van der Waals surface area contributed by atoms with Crippen molar-refractivity contribution < 1.29 is 19.4 Å². The van der Waals surface area contributed by atoms with Gasteiger partial charge >= 0.3 is 5.97 Å². The van der Waals surface area contributed by atoms with E-state index in [1.54, 1.807) is 18.2 Å². The minimum atomic E-state index is -1.39. The number of carbonyl (C=O) groups excluding carboxylic acids is 2. The van der Waals surface area contributed by atoms with Gasteiger partial charge in [0.05, 0.1) is 11.5 Å². The lowest BCUT2D eigenvalue weighted by molar-refractivity contribution is -0.314. The number of carbonyl (C=O) groups is 2. The van der Waals surface area contributed by atoms with E-state index >= 15 is 0 Å². The van der Waals surface area contributed by atoms with Crippen molar-refractivity contribution >= 4 is 11.9 Å². The second-order valence-corrected chi connectivity index (χ2v) is 2.69. The van der Waals surface area contributed by atoms with Gasteiger partial charge in [0.25, 0.3) is 0 Å². The van der Waals surface area contributed by atoms with E-state index in [2.05, 4.69) is 4.74 Å². The Balaban J connectivity index is 2.53. The lowest BCUT2D eigenvalue weighted by atomic mass is 10.1. The number of fused-ring (bicyclic) bond motifs is 1. The molecule has 0 unspecified atom stereocenters. The minimum absolute atomic E-state index is 0.303. The third-order valence-electron chi connectivity index (χ3n) is 1.90. The number of carboxylic acid groups (broad SMARTS) is 1. The maximum Gasteiger partial charge on any atom is 0.339 e. The van der Waals surface area contributed by atoms with E-state index in [1.807, 2.05) is 0 Å². The molecule has 1 heterocycles. The SMILES string of the molecule is O=C1O[C@@H](C(=O)[O-])c2ccccc21. The number of benzene rings is 1. The molecule has 0 aromatic heterocycles. The van der Waals surface area contributed by atoms with Crippen molar-refractivity contribution in [2.24, 2.45) is 0 Å². The second kappa shape index (κ2) is 2.58. The van der Waals surface area contributed by atoms with Gasteiger partial charge in [-0.2, -0.15) is 0 Å². The van der Waals surface area contributed by atoms with Crippen LogP contribution < -0.4 is 5.11 Å². The lowest BCUT2D eigenvalue weighted by Crippen LogP contribution is -2.29. The molecule has 1 aliphatic heterocycles. The molecule has 1 aromatic rings. The number of rotatable bonds is 1. The van der Waals surface area contributed by atoms with Gasteiger partial charge in [-0.25, -0.2) is 4.79 Å². The molecule has 0 saturated carbocycles. The zero-order chi connectivity index (χ0) is 9.42. The van der Waals surface area contributed by atoms with Crippen LogP contribution in [0.5, 0.6) is 0 Å². The zero-order valence-electron chi connectivity index (χ0n) is 6.52. The van der Waals surface area contributed by atoms with E-state index in [0.29, 0.717) is 11.1 Å². The highest BCUT2D eigenvalue weighted by Gasteiger charge is 2.30. The maximum absolute atomic E-state index is 11.1. The Morgan fingerprint density at radius 1 is 1.38 bits per heavy atom. The molecular formula is C9H5O4-. The summed E-state index contributed by atoms with van der Waals surface area (Å²) in [5.74, 6) is -2.00. The Morgan fingerprint density at radius 2 is 2.08 bits per heavy atom. The van der Waals surface area contributed by atoms with Crippen molar-refractivity contribution in [3.8, 4) is 0 Å². The predicted octanol–water partition coefficient (Wildman–Crippen LogP) is -0.352. The highest BCUT2D eigenvalue weighted by atomic mass is 16.6. The number of cyclic esters (lactones) is 1. The van der Waals surface area contributed by atoms with E-state index in [1.165, 1.54) is 6.07 Å². The maximum atomic E-state index is 11.1. The largest absolute Gasteiger partial charge is 0.546 e. The quantitative estimate of drug-likeness (QED) is 0.550. The molecule has 1 atom stereocenters. The van der Waals surface area contributed by atoms with E-state index in [4.69, 9.17) is 0 Å². The summed E-state index contributed by atoms with van der Waals surface area (Å²) in [7, 11) is 0. The first kappa shape index (κ1) is 7.79. The molecule has 66 valence electrons. The van der Waals surface area contributed by atoms with E-state index < -0.39 is 18.0 Å². The van der Waals surface area contributed by atoms with E-state index in [0.717, 1.165) is 0 Å². The number of carboxylic acids is 1. The van der Waals surface area contributed by atoms with Crippen LogP contribution in [0.4, 0.5) is 0 Å². The Kier molecular flexibility index (Phi) is 1.55. The predicted molar refractivity (Wildman–Crippen MR) is 39.6 cm³/mol. The van der Waals surface area contributed by atoms with Crippen LogP contribution in [-0.4, -0.2) is 11.9 Å². The molecule has 1 aromatic carbocycles. The first-order valence-electron chi connectivity index (χ1n) is 3.71. The molecule has 13 heavy (non-hydrogen) atoms. The smallest absolute Gasteiger partial charge is 0.339 e. The van der Waals surface area contributed by atoms with Crippen molar-refractivity contribution in [3.05, 3.63) is 35.4 Å². The fraction of sp³-hybridized carbons (Fsp3) is 0.111. The van der Waals surface area contributed by atoms with Gasteiger partial charge in [-0.05, 0) is 6.07 Å². The summed E-state index contributed by atoms with van der Waals surface area (Å²) < 4.78 is 4.59. The van der Waals surface area contributed by atoms with Gasteiger partial charge in [-0.15, -0.1) is 0 Å². The van der Waals surface area contributed by atoms with E-state index in [-0.39, 0.29) is 0 Å². The second-order valence-electron chi connectivity index (χ2n) is 2.69.